The molecular formula is C13H17N3O. The van der Waals surface area contributed by atoms with Crippen molar-refractivity contribution in [3.8, 4) is 0 Å². The molecule has 2 N–H and O–H groups in total. The summed E-state index contributed by atoms with van der Waals surface area (Å²) in [5.74, 6) is 0.903. The average Bonchev–Trinajstić information content (AvgIpc) is 2.78. The van der Waals surface area contributed by atoms with Gasteiger partial charge in [-0.15, -0.1) is 0 Å². The Bertz CT molecular complexity index is 493. The van der Waals surface area contributed by atoms with E-state index in [1.54, 1.807) is 13.3 Å². The first-order valence-corrected chi connectivity index (χ1v) is 5.65. The molecule has 0 spiro atoms. The maximum absolute atomic E-state index is 5.79. The molecule has 0 bridgehead atoms. The summed E-state index contributed by atoms with van der Waals surface area (Å²) >= 11 is 0. The molecule has 1 heterocycles. The lowest BCUT2D eigenvalue weighted by Gasteiger charge is -2.17. The summed E-state index contributed by atoms with van der Waals surface area (Å²) in [7, 11) is 1.68. The molecule has 0 aliphatic heterocycles. The third kappa shape index (κ3) is 2.31. The fraction of sp³-hybridized carbons (Fsp3) is 0.308. The summed E-state index contributed by atoms with van der Waals surface area (Å²) in [6, 6.07) is 7.71. The van der Waals surface area contributed by atoms with Crippen molar-refractivity contribution in [2.75, 3.05) is 12.8 Å². The van der Waals surface area contributed by atoms with E-state index in [1.165, 1.54) is 0 Å². The molecule has 0 fully saturated rings. The minimum atomic E-state index is -0.173. The Morgan fingerprint density at radius 1 is 1.47 bits per heavy atom. The number of hydrogen-bond acceptors (Lipinski definition) is 3. The Morgan fingerprint density at radius 2 is 2.29 bits per heavy atom. The third-order valence-corrected chi connectivity index (χ3v) is 2.77. The molecule has 1 atom stereocenters. The van der Waals surface area contributed by atoms with Crippen molar-refractivity contribution in [2.24, 2.45) is 0 Å². The van der Waals surface area contributed by atoms with Crippen LogP contribution in [0.3, 0.4) is 0 Å². The molecule has 0 radical (unpaired) electrons. The Balaban J connectivity index is 2.40. The van der Waals surface area contributed by atoms with Gasteiger partial charge in [-0.3, -0.25) is 0 Å². The highest BCUT2D eigenvalue weighted by atomic mass is 16.5. The van der Waals surface area contributed by atoms with Gasteiger partial charge in [0.15, 0.2) is 0 Å². The van der Waals surface area contributed by atoms with E-state index in [2.05, 4.69) is 16.5 Å². The van der Waals surface area contributed by atoms with Gasteiger partial charge in [0.1, 0.15) is 11.9 Å². The Morgan fingerprint density at radius 3 is 2.94 bits per heavy atom. The molecule has 0 saturated carbocycles. The van der Waals surface area contributed by atoms with Crippen LogP contribution in [0.1, 0.15) is 24.4 Å². The van der Waals surface area contributed by atoms with Crippen LogP contribution in [0, 0.1) is 0 Å². The second-order valence-corrected chi connectivity index (χ2v) is 3.86. The number of methoxy groups -OCH3 is 1. The molecule has 4 heteroatoms. The number of rotatable bonds is 4. The van der Waals surface area contributed by atoms with Gasteiger partial charge < -0.3 is 15.0 Å². The third-order valence-electron chi connectivity index (χ3n) is 2.77. The summed E-state index contributed by atoms with van der Waals surface area (Å²) in [6.07, 6.45) is 3.57. The number of nitrogens with two attached hydrogens (primary N) is 1. The number of benzene rings is 1. The number of ether oxygens (including phenoxy) is 1. The second kappa shape index (κ2) is 5.01. The molecule has 17 heavy (non-hydrogen) atoms. The van der Waals surface area contributed by atoms with Crippen molar-refractivity contribution in [2.45, 2.75) is 19.6 Å². The molecule has 2 rings (SSSR count). The number of nitrogens with zero attached hydrogens (tertiary/aromatic N) is 2. The number of aryl methyl sites for hydroxylation is 1. The first-order chi connectivity index (χ1) is 8.26. The van der Waals surface area contributed by atoms with Gasteiger partial charge in [-0.2, -0.15) is 0 Å². The van der Waals surface area contributed by atoms with Crippen molar-refractivity contribution in [1.29, 1.82) is 0 Å². The number of imidazole rings is 1. The van der Waals surface area contributed by atoms with Gasteiger partial charge in [0.2, 0.25) is 0 Å². The summed E-state index contributed by atoms with van der Waals surface area (Å²) in [5, 5.41) is 0. The molecule has 1 aromatic carbocycles. The molecule has 2 aromatic rings. The number of nitrogen functional groups attached to an aromatic ring is 1. The minimum Gasteiger partial charge on any atom is -0.399 e. The quantitative estimate of drug-likeness (QED) is 0.821. The van der Waals surface area contributed by atoms with Gasteiger partial charge >= 0.3 is 0 Å². The molecule has 0 saturated heterocycles. The molecule has 4 nitrogen and oxygen atoms in total. The maximum Gasteiger partial charge on any atom is 0.142 e. The zero-order valence-corrected chi connectivity index (χ0v) is 10.1. The second-order valence-electron chi connectivity index (χ2n) is 3.86. The molecular weight excluding hydrogens is 214 g/mol. The topological polar surface area (TPSA) is 53.1 Å². The highest BCUT2D eigenvalue weighted by molar-refractivity contribution is 5.42. The highest BCUT2D eigenvalue weighted by Crippen LogP contribution is 2.25. The van der Waals surface area contributed by atoms with Crippen LogP contribution in [0.5, 0.6) is 0 Å². The molecule has 0 aliphatic carbocycles. The van der Waals surface area contributed by atoms with Gasteiger partial charge in [0.05, 0.1) is 0 Å². The van der Waals surface area contributed by atoms with Crippen LogP contribution in [0.15, 0.2) is 36.7 Å². The Labute approximate surface area is 101 Å². The lowest BCUT2D eigenvalue weighted by molar-refractivity contribution is 0.126. The van der Waals surface area contributed by atoms with E-state index >= 15 is 0 Å². The van der Waals surface area contributed by atoms with Gasteiger partial charge in [0, 0.05) is 31.7 Å². The van der Waals surface area contributed by atoms with E-state index in [0.717, 1.165) is 23.6 Å². The number of aromatic nitrogens is 2. The largest absolute Gasteiger partial charge is 0.399 e. The maximum atomic E-state index is 5.79. The van der Waals surface area contributed by atoms with Gasteiger partial charge in [-0.05, 0) is 24.6 Å². The lowest BCUT2D eigenvalue weighted by atomic mass is 10.1. The minimum absolute atomic E-state index is 0.173. The van der Waals surface area contributed by atoms with Crippen molar-refractivity contribution in [3.05, 3.63) is 48.0 Å². The zero-order valence-electron chi connectivity index (χ0n) is 10.1. The van der Waals surface area contributed by atoms with E-state index in [1.807, 2.05) is 30.5 Å². The fourth-order valence-corrected chi connectivity index (χ4v) is 1.94. The average molecular weight is 231 g/mol. The Hall–Kier alpha value is -1.81. The van der Waals surface area contributed by atoms with Gasteiger partial charge in [-0.25, -0.2) is 4.98 Å². The summed E-state index contributed by atoms with van der Waals surface area (Å²) in [4.78, 5) is 4.36. The molecule has 90 valence electrons. The van der Waals surface area contributed by atoms with Crippen molar-refractivity contribution >= 4 is 5.69 Å². The summed E-state index contributed by atoms with van der Waals surface area (Å²) in [6.45, 7) is 2.95. The van der Waals surface area contributed by atoms with Crippen LogP contribution in [0.25, 0.3) is 0 Å². The standard InChI is InChI=1S/C13H17N3O/c1-3-16-8-7-15-13(16)12(17-2)10-5-4-6-11(14)9-10/h4-9,12H,3,14H2,1-2H3. The van der Waals surface area contributed by atoms with Crippen LogP contribution in [-0.2, 0) is 11.3 Å². The first-order valence-electron chi connectivity index (χ1n) is 5.65. The van der Waals surface area contributed by atoms with E-state index < -0.39 is 0 Å². The molecule has 1 unspecified atom stereocenters. The van der Waals surface area contributed by atoms with Crippen molar-refractivity contribution < 1.29 is 4.74 Å². The van der Waals surface area contributed by atoms with E-state index in [0.29, 0.717) is 0 Å². The van der Waals surface area contributed by atoms with Crippen LogP contribution in [-0.4, -0.2) is 16.7 Å². The molecule has 1 aromatic heterocycles. The lowest BCUT2D eigenvalue weighted by Crippen LogP contribution is -2.11. The highest BCUT2D eigenvalue weighted by Gasteiger charge is 2.18. The normalized spacial score (nSPS) is 12.6. The fourth-order valence-electron chi connectivity index (χ4n) is 1.94. The van der Waals surface area contributed by atoms with Crippen LogP contribution < -0.4 is 5.73 Å². The number of anilines is 1. The smallest absolute Gasteiger partial charge is 0.142 e. The van der Waals surface area contributed by atoms with E-state index in [-0.39, 0.29) is 6.10 Å². The van der Waals surface area contributed by atoms with Crippen molar-refractivity contribution in [3.63, 3.8) is 0 Å². The van der Waals surface area contributed by atoms with Crippen LogP contribution in [0.2, 0.25) is 0 Å². The van der Waals surface area contributed by atoms with Gasteiger partial charge in [0.25, 0.3) is 0 Å². The monoisotopic (exact) mass is 231 g/mol. The summed E-state index contributed by atoms with van der Waals surface area (Å²) in [5.41, 5.74) is 7.55. The Kier molecular flexibility index (Phi) is 3.44. The van der Waals surface area contributed by atoms with E-state index in [9.17, 15) is 0 Å². The van der Waals surface area contributed by atoms with E-state index in [4.69, 9.17) is 10.5 Å². The van der Waals surface area contributed by atoms with Crippen LogP contribution >= 0.6 is 0 Å². The van der Waals surface area contributed by atoms with Gasteiger partial charge in [-0.1, -0.05) is 12.1 Å². The van der Waals surface area contributed by atoms with Crippen LogP contribution in [0.4, 0.5) is 5.69 Å². The first kappa shape index (κ1) is 11.7. The zero-order chi connectivity index (χ0) is 12.3. The molecule has 0 amide bonds. The predicted molar refractivity (Wildman–Crippen MR) is 67.6 cm³/mol. The summed E-state index contributed by atoms with van der Waals surface area (Å²) < 4.78 is 7.61. The van der Waals surface area contributed by atoms with Crippen molar-refractivity contribution in [1.82, 2.24) is 9.55 Å². The SMILES string of the molecule is CCn1ccnc1C(OC)c1cccc(N)c1. The predicted octanol–water partition coefficient (Wildman–Crippen LogP) is 2.22. The number of hydrogen-bond donors (Lipinski definition) is 1. The molecule has 0 aliphatic rings.